The predicted octanol–water partition coefficient (Wildman–Crippen LogP) is 8.48. The van der Waals surface area contributed by atoms with Crippen molar-refractivity contribution in [3.05, 3.63) is 103 Å². The minimum atomic E-state index is -3.49. The van der Waals surface area contributed by atoms with Crippen LogP contribution in [-0.2, 0) is 14.1 Å². The number of nitrogen functional groups attached to an aromatic ring is 1. The third kappa shape index (κ3) is 11.6. The summed E-state index contributed by atoms with van der Waals surface area (Å²) in [4.78, 5) is 30.6. The molecule has 2 fully saturated rings. The highest BCUT2D eigenvalue weighted by Gasteiger charge is 2.30. The molecule has 0 spiro atoms. The summed E-state index contributed by atoms with van der Waals surface area (Å²) in [6.07, 6.45) is 1.47. The van der Waals surface area contributed by atoms with Crippen molar-refractivity contribution >= 4 is 39.9 Å². The van der Waals surface area contributed by atoms with Crippen molar-refractivity contribution in [1.29, 1.82) is 0 Å². The molecular formula is C48H48F4N10O6. The number of carbonyl (C=O) groups excluding carboxylic acids is 2. The topological polar surface area (TPSA) is 187 Å². The highest BCUT2D eigenvalue weighted by Crippen LogP contribution is 2.39. The molecule has 7 aromatic rings. The van der Waals surface area contributed by atoms with E-state index < -0.39 is 111 Å². The quantitative estimate of drug-likeness (QED) is 0.0439. The maximum Gasteiger partial charge on any atom is 0.387 e. The van der Waals surface area contributed by atoms with E-state index in [1.807, 2.05) is 10.6 Å². The molecule has 68 heavy (non-hydrogen) atoms. The van der Waals surface area contributed by atoms with Crippen molar-refractivity contribution in [3.8, 4) is 63.3 Å². The van der Waals surface area contributed by atoms with E-state index in [0.717, 1.165) is 46.5 Å². The van der Waals surface area contributed by atoms with E-state index in [-0.39, 0.29) is 22.7 Å². The highest BCUT2D eigenvalue weighted by atomic mass is 19.3. The summed E-state index contributed by atoms with van der Waals surface area (Å²) in [5.41, 5.74) is 8.85. The number of benzene rings is 4. The average Bonchev–Trinajstić information content (AvgIpc) is 1.55. The number of halogens is 4. The molecular weight excluding hydrogens is 889 g/mol. The summed E-state index contributed by atoms with van der Waals surface area (Å²) in [5.74, 6) is -3.95. The largest absolute Gasteiger partial charge is 0.496 e. The Morgan fingerprint density at radius 1 is 0.794 bits per heavy atom. The van der Waals surface area contributed by atoms with Gasteiger partial charge in [-0.2, -0.15) is 27.8 Å². The number of aryl methyl sites for hydroxylation is 2. The molecule has 2 aliphatic carbocycles. The number of hydrogen-bond donors (Lipinski definition) is 4. The number of anilines is 3. The molecule has 0 radical (unpaired) electrons. The molecule has 2 aliphatic rings. The number of rotatable bonds is 15. The van der Waals surface area contributed by atoms with E-state index in [9.17, 15) is 27.2 Å². The van der Waals surface area contributed by atoms with E-state index in [1.54, 1.807) is 91.6 Å². The zero-order valence-electron chi connectivity index (χ0n) is 51.6. The van der Waals surface area contributed by atoms with Crippen LogP contribution in [0.2, 0.25) is 0 Å². The van der Waals surface area contributed by atoms with E-state index >= 15 is 0 Å². The first-order valence-electron chi connectivity index (χ1n) is 27.5. The zero-order chi connectivity index (χ0) is 62.7. The van der Waals surface area contributed by atoms with Gasteiger partial charge >= 0.3 is 13.2 Å². The lowest BCUT2D eigenvalue weighted by Crippen LogP contribution is -2.27. The molecule has 5 N–H and O–H groups in total. The summed E-state index contributed by atoms with van der Waals surface area (Å²) in [6, 6.07) is 8.46. The van der Waals surface area contributed by atoms with Crippen LogP contribution >= 0.6 is 0 Å². The van der Waals surface area contributed by atoms with Crippen LogP contribution in [0.1, 0.15) is 75.1 Å². The van der Waals surface area contributed by atoms with Crippen molar-refractivity contribution < 1.29 is 68.0 Å². The number of nitrogens with one attached hydrogen (secondary N) is 3. The SMILES string of the molecule is C#CC.[2H]C([2H])([2H])Oc1cc(-n2cnc3cc(-c4cnn(C)c4)ccc32)cc(OC(F)F)c1C(=O)NC1([2H])C([2H])([2H])C1([2H])[2H].[2H]C([2H])([2H])Oc1cc(Nc2ccc(-c3cnn(C)c3)cc2N)cc(OC(F)F)c1C(=O)NC1([2H])C([2H])([2H])C1([2H])[2H]. The third-order valence-corrected chi connectivity index (χ3v) is 9.43. The van der Waals surface area contributed by atoms with E-state index in [2.05, 4.69) is 42.3 Å². The standard InChI is InChI=1S/C23H21F2N5O3.C22H23F2N5O3.C3H4/c1-29-11-14(10-27-29)13-3-6-18-17(7-13)26-12-30(18)16-8-19(32-2)21(20(9-16)33-23(24)25)22(31)28-15-4-5-15;1-29-11-13(10-26-29)12-3-6-17(16(25)7-12)27-15-8-18(31-2)20(19(9-15)32-22(23)24)21(30)28-14-4-5-14;1-3-2/h3,6-12,15,23H,4-5H2,1-2H3,(H,28,31);3,6-11,14,22,27H,4-5,25H2,1-2H3,(H,28,30);1H,2H3/i2D3,4D2,5D2,15D;2D3,4D2,5D2,14D;. The van der Waals surface area contributed by atoms with E-state index in [1.165, 1.54) is 10.9 Å². The molecule has 0 saturated heterocycles. The van der Waals surface area contributed by atoms with Crippen LogP contribution in [0.4, 0.5) is 34.6 Å². The molecule has 0 bridgehead atoms. The smallest absolute Gasteiger partial charge is 0.387 e. The molecule has 2 saturated carbocycles. The lowest BCUT2D eigenvalue weighted by molar-refractivity contribution is -0.0510. The van der Waals surface area contributed by atoms with Crippen LogP contribution < -0.4 is 40.6 Å². The first-order chi connectivity index (χ1) is 38.7. The third-order valence-electron chi connectivity index (χ3n) is 9.43. The Morgan fingerprint density at radius 2 is 1.29 bits per heavy atom. The summed E-state index contributed by atoms with van der Waals surface area (Å²) in [6.45, 7) is -5.32. The second kappa shape index (κ2) is 21.0. The fourth-order valence-electron chi connectivity index (χ4n) is 6.45. The van der Waals surface area contributed by atoms with Gasteiger partial charge in [-0.1, -0.05) is 12.1 Å². The van der Waals surface area contributed by atoms with Gasteiger partial charge in [-0.15, -0.1) is 12.3 Å². The van der Waals surface area contributed by atoms with Gasteiger partial charge in [0.2, 0.25) is 0 Å². The number of terminal acetylenes is 1. The summed E-state index contributed by atoms with van der Waals surface area (Å²) in [5, 5.41) is 14.7. The molecule has 0 atom stereocenters. The van der Waals surface area contributed by atoms with Gasteiger partial charge in [0.05, 0.1) is 65.5 Å². The Morgan fingerprint density at radius 3 is 1.79 bits per heavy atom. The molecule has 0 unspecified atom stereocenters. The predicted molar refractivity (Wildman–Crippen MR) is 248 cm³/mol. The van der Waals surface area contributed by atoms with Crippen molar-refractivity contribution in [2.45, 2.75) is 57.7 Å². The summed E-state index contributed by atoms with van der Waals surface area (Å²) < 4.78 is 200. The Labute approximate surface area is 410 Å². The molecule has 4 aromatic carbocycles. The van der Waals surface area contributed by atoms with Crippen LogP contribution in [0.5, 0.6) is 23.0 Å². The number of hydrogen-bond acceptors (Lipinski definition) is 11. The Balaban J connectivity index is 0.000000230. The first-order valence-corrected chi connectivity index (χ1v) is 19.5. The number of fused-ring (bicyclic) bond motifs is 1. The number of carbonyl (C=O) groups is 2. The molecule has 3 aromatic heterocycles. The van der Waals surface area contributed by atoms with Crippen LogP contribution in [0.3, 0.4) is 0 Å². The number of amides is 2. The van der Waals surface area contributed by atoms with Crippen molar-refractivity contribution in [1.82, 2.24) is 39.7 Å². The lowest BCUT2D eigenvalue weighted by Gasteiger charge is -2.18. The van der Waals surface area contributed by atoms with Gasteiger partial charge < -0.3 is 40.6 Å². The van der Waals surface area contributed by atoms with Gasteiger partial charge in [-0.25, -0.2) is 4.98 Å². The van der Waals surface area contributed by atoms with Crippen molar-refractivity contribution in [2.75, 3.05) is 25.1 Å². The van der Waals surface area contributed by atoms with E-state index in [4.69, 9.17) is 37.1 Å². The fourth-order valence-corrected chi connectivity index (χ4v) is 6.45. The fraction of sp³-hybridized carbons (Fsp3) is 0.271. The lowest BCUT2D eigenvalue weighted by atomic mass is 10.1. The monoisotopic (exact) mass is 952 g/mol. The summed E-state index contributed by atoms with van der Waals surface area (Å²) >= 11 is 0. The van der Waals surface area contributed by atoms with Gasteiger partial charge in [0.15, 0.2) is 0 Å². The summed E-state index contributed by atoms with van der Waals surface area (Å²) in [7, 11) is -2.85. The van der Waals surface area contributed by atoms with Gasteiger partial charge in [0.25, 0.3) is 11.8 Å². The molecule has 9 rings (SSSR count). The second-order valence-electron chi connectivity index (χ2n) is 14.1. The molecule has 354 valence electrons. The Bertz CT molecular complexity index is 3670. The average molecular weight is 953 g/mol. The Kier molecular flexibility index (Phi) is 9.52. The zero-order valence-corrected chi connectivity index (χ0v) is 35.6. The number of imidazole rings is 1. The minimum Gasteiger partial charge on any atom is -0.496 e. The second-order valence-corrected chi connectivity index (χ2v) is 14.1. The van der Waals surface area contributed by atoms with Gasteiger partial charge in [0, 0.05) is 90.6 Å². The minimum absolute atomic E-state index is 0.0192. The molecule has 2 amide bonds. The van der Waals surface area contributed by atoms with Gasteiger partial charge in [0.1, 0.15) is 40.5 Å². The van der Waals surface area contributed by atoms with Crippen LogP contribution in [0.25, 0.3) is 39.0 Å². The molecule has 0 aliphatic heterocycles. The van der Waals surface area contributed by atoms with Crippen LogP contribution in [-0.4, -0.2) is 80.3 Å². The number of aromatic nitrogens is 6. The number of methoxy groups -OCH3 is 2. The first kappa shape index (κ1) is 30.9. The maximum absolute atomic E-state index is 13.5. The Hall–Kier alpha value is -8.21. The number of nitrogens with two attached hydrogens (primary N) is 1. The normalized spacial score (nSPS) is 20.6. The molecule has 16 nitrogen and oxygen atoms in total. The van der Waals surface area contributed by atoms with Crippen molar-refractivity contribution in [2.24, 2.45) is 14.1 Å². The number of nitrogens with zero attached hydrogens (tertiary/aromatic N) is 6. The number of ether oxygens (including phenoxy) is 4. The van der Waals surface area contributed by atoms with E-state index in [0.29, 0.717) is 11.0 Å². The maximum atomic E-state index is 13.5. The van der Waals surface area contributed by atoms with Crippen LogP contribution in [0, 0.1) is 12.3 Å². The number of alkyl halides is 4. The van der Waals surface area contributed by atoms with Crippen molar-refractivity contribution in [3.63, 3.8) is 0 Å². The molecule has 3 heterocycles. The highest BCUT2D eigenvalue weighted by molar-refractivity contribution is 6.01. The molecule has 20 heteroatoms. The van der Waals surface area contributed by atoms with Crippen LogP contribution in [0.15, 0.2) is 91.8 Å². The van der Waals surface area contributed by atoms with Gasteiger partial charge in [-0.3, -0.25) is 23.5 Å². The van der Waals surface area contributed by atoms with Gasteiger partial charge in [-0.05, 0) is 67.8 Å².